The van der Waals surface area contributed by atoms with Crippen molar-refractivity contribution in [2.75, 3.05) is 14.2 Å². The molecule has 1 fully saturated rings. The number of hydrogen-bond acceptors (Lipinski definition) is 6. The van der Waals surface area contributed by atoms with Crippen LogP contribution in [0, 0.1) is 11.3 Å². The fourth-order valence-corrected chi connectivity index (χ4v) is 4.62. The largest absolute Gasteiger partial charge is 0.493 e. The molecule has 1 heterocycles. The van der Waals surface area contributed by atoms with Crippen LogP contribution in [0.5, 0.6) is 11.5 Å². The number of aromatic nitrogens is 1. The molecule has 1 aromatic heterocycles. The van der Waals surface area contributed by atoms with Crippen LogP contribution in [-0.4, -0.2) is 38.0 Å². The molecule has 8 nitrogen and oxygen atoms in total. The third-order valence-corrected chi connectivity index (χ3v) is 6.44. The van der Waals surface area contributed by atoms with Crippen molar-refractivity contribution in [2.24, 2.45) is 5.14 Å². The maximum Gasteiger partial charge on any atom is 0.277 e. The first kappa shape index (κ1) is 21.1. The van der Waals surface area contributed by atoms with E-state index in [0.717, 1.165) is 34.9 Å². The number of nitrogens with two attached hydrogens (primary N) is 1. The van der Waals surface area contributed by atoms with Crippen molar-refractivity contribution < 1.29 is 17.9 Å². The van der Waals surface area contributed by atoms with Crippen LogP contribution in [0.3, 0.4) is 0 Å². The van der Waals surface area contributed by atoms with Crippen molar-refractivity contribution in [1.82, 2.24) is 9.29 Å². The number of rotatable bonds is 7. The monoisotopic (exact) mass is 438 g/mol. The van der Waals surface area contributed by atoms with Crippen LogP contribution in [0.1, 0.15) is 24.0 Å². The molecular weight excluding hydrogens is 416 g/mol. The summed E-state index contributed by atoms with van der Waals surface area (Å²) in [5.74, 6) is 1.09. The van der Waals surface area contributed by atoms with Crippen molar-refractivity contribution in [3.8, 4) is 28.7 Å². The van der Waals surface area contributed by atoms with Gasteiger partial charge < -0.3 is 9.47 Å². The van der Waals surface area contributed by atoms with Gasteiger partial charge >= 0.3 is 0 Å². The van der Waals surface area contributed by atoms with Gasteiger partial charge in [-0.1, -0.05) is 24.3 Å². The van der Waals surface area contributed by atoms with Crippen LogP contribution in [0.2, 0.25) is 0 Å². The number of benzene rings is 2. The van der Waals surface area contributed by atoms with E-state index in [2.05, 4.69) is 11.1 Å². The van der Waals surface area contributed by atoms with E-state index in [0.29, 0.717) is 22.6 Å². The molecule has 0 amide bonds. The van der Waals surface area contributed by atoms with Gasteiger partial charge in [-0.3, -0.25) is 4.98 Å². The van der Waals surface area contributed by atoms with Gasteiger partial charge in [0.15, 0.2) is 11.5 Å². The van der Waals surface area contributed by atoms with Gasteiger partial charge in [-0.2, -0.15) is 18.0 Å². The smallest absolute Gasteiger partial charge is 0.277 e. The Bertz CT molecular complexity index is 1280. The second kappa shape index (κ2) is 8.15. The van der Waals surface area contributed by atoms with Gasteiger partial charge in [0.25, 0.3) is 10.2 Å². The number of methoxy groups -OCH3 is 2. The average molecular weight is 439 g/mol. The molecule has 31 heavy (non-hydrogen) atoms. The molecule has 0 spiro atoms. The van der Waals surface area contributed by atoms with E-state index in [1.807, 2.05) is 24.3 Å². The Hall–Kier alpha value is -3.19. The third kappa shape index (κ3) is 4.18. The highest BCUT2D eigenvalue weighted by Gasteiger charge is 2.35. The summed E-state index contributed by atoms with van der Waals surface area (Å²) in [6, 6.07) is 13.2. The highest BCUT2D eigenvalue weighted by Crippen LogP contribution is 2.38. The lowest BCUT2D eigenvalue weighted by Crippen LogP contribution is -2.37. The van der Waals surface area contributed by atoms with Crippen LogP contribution in [0.15, 0.2) is 42.6 Å². The van der Waals surface area contributed by atoms with Crippen LogP contribution in [-0.2, 0) is 16.8 Å². The van der Waals surface area contributed by atoms with Crippen molar-refractivity contribution in [3.63, 3.8) is 0 Å². The summed E-state index contributed by atoms with van der Waals surface area (Å²) in [5.41, 5.74) is 3.46. The zero-order valence-electron chi connectivity index (χ0n) is 17.2. The highest BCUT2D eigenvalue weighted by molar-refractivity contribution is 7.86. The quantitative estimate of drug-likeness (QED) is 0.606. The molecular formula is C22H22N4O4S. The molecule has 160 valence electrons. The van der Waals surface area contributed by atoms with Gasteiger partial charge in [0.05, 0.1) is 25.3 Å². The fourth-order valence-electron chi connectivity index (χ4n) is 3.66. The molecule has 1 aliphatic rings. The molecule has 3 aromatic rings. The molecule has 1 aliphatic carbocycles. The highest BCUT2D eigenvalue weighted by atomic mass is 32.2. The number of nitriles is 1. The number of hydrogen-bond donors (Lipinski definition) is 1. The minimum atomic E-state index is -3.76. The van der Waals surface area contributed by atoms with Crippen LogP contribution >= 0.6 is 0 Å². The molecule has 2 N–H and O–H groups in total. The topological polar surface area (TPSA) is 119 Å². The van der Waals surface area contributed by atoms with Crippen LogP contribution < -0.4 is 14.6 Å². The number of nitrogens with zero attached hydrogens (tertiary/aromatic N) is 3. The van der Waals surface area contributed by atoms with Gasteiger partial charge in [-0.05, 0) is 30.0 Å². The van der Waals surface area contributed by atoms with E-state index < -0.39 is 10.2 Å². The second-order valence-electron chi connectivity index (χ2n) is 7.40. The molecule has 1 saturated carbocycles. The van der Waals surface area contributed by atoms with Gasteiger partial charge in [-0.25, -0.2) is 5.14 Å². The van der Waals surface area contributed by atoms with E-state index in [9.17, 15) is 13.7 Å². The molecule has 0 bridgehead atoms. The first-order chi connectivity index (χ1) is 14.9. The Labute approximate surface area is 181 Å². The van der Waals surface area contributed by atoms with Crippen molar-refractivity contribution >= 4 is 21.1 Å². The van der Waals surface area contributed by atoms with Crippen molar-refractivity contribution in [3.05, 3.63) is 53.7 Å². The Kier molecular flexibility index (Phi) is 5.54. The summed E-state index contributed by atoms with van der Waals surface area (Å²) in [5, 5.41) is 15.8. The van der Waals surface area contributed by atoms with Crippen LogP contribution in [0.4, 0.5) is 0 Å². The fraction of sp³-hybridized carbons (Fsp3) is 0.273. The maximum atomic E-state index is 11.9. The van der Waals surface area contributed by atoms with E-state index in [4.69, 9.17) is 14.6 Å². The normalized spacial score (nSPS) is 13.9. The molecule has 9 heteroatoms. The Morgan fingerprint density at radius 2 is 1.81 bits per heavy atom. The number of fused-ring (bicyclic) bond motifs is 1. The lowest BCUT2D eigenvalue weighted by Gasteiger charge is -2.19. The predicted octanol–water partition coefficient (Wildman–Crippen LogP) is 2.96. The predicted molar refractivity (Wildman–Crippen MR) is 117 cm³/mol. The van der Waals surface area contributed by atoms with Gasteiger partial charge in [0.2, 0.25) is 0 Å². The van der Waals surface area contributed by atoms with Crippen molar-refractivity contribution in [1.29, 1.82) is 5.26 Å². The summed E-state index contributed by atoms with van der Waals surface area (Å²) < 4.78 is 35.9. The summed E-state index contributed by atoms with van der Waals surface area (Å²) in [7, 11) is -0.652. The Morgan fingerprint density at radius 3 is 2.35 bits per heavy atom. The Morgan fingerprint density at radius 1 is 1.16 bits per heavy atom. The summed E-state index contributed by atoms with van der Waals surface area (Å²) in [6.07, 6.45) is 3.19. The first-order valence-corrected chi connectivity index (χ1v) is 11.2. The second-order valence-corrected chi connectivity index (χ2v) is 8.90. The standard InChI is InChI=1S/C22H22N4O4S/c1-29-20-9-18-19(10-21(20)30-2)25-12-16(11-23)22(18)15-5-3-14(4-6-15)13-26(17-7-8-17)31(24,27)28/h3-6,9-10,12,17H,7-8,13H2,1-2H3,(H2,24,27,28). The lowest BCUT2D eigenvalue weighted by molar-refractivity contribution is 0.356. The zero-order valence-corrected chi connectivity index (χ0v) is 18.0. The average Bonchev–Trinajstić information content (AvgIpc) is 3.60. The van der Waals surface area contributed by atoms with E-state index >= 15 is 0 Å². The zero-order chi connectivity index (χ0) is 22.2. The summed E-state index contributed by atoms with van der Waals surface area (Å²) >= 11 is 0. The summed E-state index contributed by atoms with van der Waals surface area (Å²) in [6.45, 7) is 0.219. The minimum absolute atomic E-state index is 0.0218. The van der Waals surface area contributed by atoms with Crippen molar-refractivity contribution in [2.45, 2.75) is 25.4 Å². The first-order valence-electron chi connectivity index (χ1n) is 9.69. The molecule has 4 rings (SSSR count). The van der Waals surface area contributed by atoms with Crippen LogP contribution in [0.25, 0.3) is 22.0 Å². The van der Waals surface area contributed by atoms with Gasteiger partial charge in [0, 0.05) is 35.8 Å². The van der Waals surface area contributed by atoms with E-state index in [1.54, 1.807) is 26.4 Å². The molecule has 0 atom stereocenters. The minimum Gasteiger partial charge on any atom is -0.493 e. The molecule has 0 saturated heterocycles. The number of ether oxygens (including phenoxy) is 2. The Balaban J connectivity index is 1.77. The van der Waals surface area contributed by atoms with E-state index in [1.165, 1.54) is 10.5 Å². The molecule has 0 aliphatic heterocycles. The molecule has 0 radical (unpaired) electrons. The third-order valence-electron chi connectivity index (χ3n) is 5.36. The summed E-state index contributed by atoms with van der Waals surface area (Å²) in [4.78, 5) is 4.39. The maximum absolute atomic E-state index is 11.9. The lowest BCUT2D eigenvalue weighted by atomic mass is 9.96. The van der Waals surface area contributed by atoms with Gasteiger partial charge in [0.1, 0.15) is 6.07 Å². The molecule has 0 unspecified atom stereocenters. The van der Waals surface area contributed by atoms with E-state index in [-0.39, 0.29) is 12.6 Å². The SMILES string of the molecule is COc1cc2ncc(C#N)c(-c3ccc(CN(C4CC4)S(N)(=O)=O)cc3)c2cc1OC. The van der Waals surface area contributed by atoms with Gasteiger partial charge in [-0.15, -0.1) is 0 Å². The number of pyridine rings is 1. The molecule has 2 aromatic carbocycles.